The van der Waals surface area contributed by atoms with Crippen LogP contribution in [0.15, 0.2) is 83.2 Å². The maximum atomic E-state index is 17.7. The van der Waals surface area contributed by atoms with Crippen molar-refractivity contribution in [3.8, 4) is 0 Å². The molecule has 8 heterocycles. The summed E-state index contributed by atoms with van der Waals surface area (Å²) in [6.07, 6.45) is 28.7. The Balaban J connectivity index is 0.801. The van der Waals surface area contributed by atoms with Crippen molar-refractivity contribution in [1.82, 2.24) is 10.2 Å². The van der Waals surface area contributed by atoms with Gasteiger partial charge < -0.3 is 43.6 Å². The summed E-state index contributed by atoms with van der Waals surface area (Å²) in [6, 6.07) is 13.2. The second kappa shape index (κ2) is 18.3. The first-order chi connectivity index (χ1) is 42.2. The number of furan rings is 1. The van der Waals surface area contributed by atoms with E-state index in [-0.39, 0.29) is 71.8 Å². The van der Waals surface area contributed by atoms with Gasteiger partial charge in [0.25, 0.3) is 0 Å². The Hall–Kier alpha value is -4.11. The first-order valence-corrected chi connectivity index (χ1v) is 35.1. The number of cyclic esters (lactones) is 2. The van der Waals surface area contributed by atoms with Crippen LogP contribution < -0.4 is 5.32 Å². The number of carbonyl (C=O) groups is 3. The molecule has 2 aromatic rings. The molecular formula is C74H92N2O11. The van der Waals surface area contributed by atoms with Crippen molar-refractivity contribution in [2.45, 2.75) is 196 Å². The number of ether oxygens (including phenoxy) is 4. The van der Waals surface area contributed by atoms with E-state index in [1.165, 1.54) is 30.4 Å². The summed E-state index contributed by atoms with van der Waals surface area (Å²) in [5.41, 5.74) is -4.32. The minimum absolute atomic E-state index is 0.0538. The van der Waals surface area contributed by atoms with Gasteiger partial charge in [-0.1, -0.05) is 101 Å². The molecule has 13 nitrogen and oxygen atoms in total. The molecule has 87 heavy (non-hydrogen) atoms. The monoisotopic (exact) mass is 1180 g/mol. The summed E-state index contributed by atoms with van der Waals surface area (Å²) >= 11 is 0. The molecule has 4 N–H and O–H groups in total. The summed E-state index contributed by atoms with van der Waals surface area (Å²) in [5.74, 6) is 0.407. The Morgan fingerprint density at radius 3 is 2.61 bits per heavy atom. The van der Waals surface area contributed by atoms with Crippen molar-refractivity contribution in [1.29, 1.82) is 0 Å². The van der Waals surface area contributed by atoms with Crippen LogP contribution >= 0.6 is 0 Å². The predicted molar refractivity (Wildman–Crippen MR) is 319 cm³/mol. The van der Waals surface area contributed by atoms with Gasteiger partial charge in [-0.2, -0.15) is 0 Å². The van der Waals surface area contributed by atoms with Crippen LogP contribution in [0, 0.1) is 116 Å². The maximum absolute atomic E-state index is 17.7. The Morgan fingerprint density at radius 1 is 0.874 bits per heavy atom. The van der Waals surface area contributed by atoms with Gasteiger partial charge in [-0.25, -0.2) is 4.79 Å². The number of Topliss-reactive ketones (excluding diaryl/α,β-unsaturated/α-hetero) is 1. The lowest BCUT2D eigenvalue weighted by Crippen LogP contribution is -2.82. The van der Waals surface area contributed by atoms with Gasteiger partial charge in [0.15, 0.2) is 11.9 Å². The van der Waals surface area contributed by atoms with Crippen molar-refractivity contribution in [2.24, 2.45) is 116 Å². The highest BCUT2D eigenvalue weighted by Crippen LogP contribution is 2.91. The molecule has 0 amide bonds. The zero-order valence-electron chi connectivity index (χ0n) is 51.2. The lowest BCUT2D eigenvalue weighted by Gasteiger charge is -2.73. The summed E-state index contributed by atoms with van der Waals surface area (Å²) in [6.45, 7) is 6.33. The molecule has 5 saturated heterocycles. The molecule has 13 heteroatoms. The second-order valence-corrected chi connectivity index (χ2v) is 33.0. The molecule has 9 saturated carbocycles. The number of benzene rings is 1. The van der Waals surface area contributed by atoms with Crippen molar-refractivity contribution < 1.29 is 53.1 Å². The number of hydrogen-bond acceptors (Lipinski definition) is 13. The molecule has 1 aromatic heterocycles. The van der Waals surface area contributed by atoms with E-state index in [1.807, 2.05) is 6.07 Å². The van der Waals surface area contributed by atoms with Gasteiger partial charge in [-0.15, -0.1) is 0 Å². The number of nitrogens with zero attached hydrogens (tertiary/aromatic N) is 1. The Morgan fingerprint density at radius 2 is 1.74 bits per heavy atom. The van der Waals surface area contributed by atoms with Crippen LogP contribution in [-0.2, 0) is 46.2 Å². The molecular weight excluding hydrogens is 1090 g/mol. The summed E-state index contributed by atoms with van der Waals surface area (Å²) in [4.78, 5) is 51.9. The van der Waals surface area contributed by atoms with Crippen LogP contribution in [0.5, 0.6) is 0 Å². The quantitative estimate of drug-likeness (QED) is 0.106. The number of epoxide rings is 1. The summed E-state index contributed by atoms with van der Waals surface area (Å²) < 4.78 is 37.2. The van der Waals surface area contributed by atoms with E-state index in [1.54, 1.807) is 6.26 Å². The van der Waals surface area contributed by atoms with Gasteiger partial charge in [0.05, 0.1) is 48.5 Å². The summed E-state index contributed by atoms with van der Waals surface area (Å²) in [5, 5.41) is 41.4. The van der Waals surface area contributed by atoms with E-state index in [0.717, 1.165) is 115 Å². The molecule has 17 aliphatic rings. The fourth-order valence-corrected chi connectivity index (χ4v) is 28.4. The highest BCUT2D eigenvalue weighted by atomic mass is 16.7. The van der Waals surface area contributed by atoms with Crippen LogP contribution in [0.3, 0.4) is 0 Å². The number of fused-ring (bicyclic) bond motifs is 5. The molecule has 10 aliphatic carbocycles. The number of nitrogens with one attached hydrogen (secondary N) is 1. The van der Waals surface area contributed by atoms with Gasteiger partial charge in [0.1, 0.15) is 35.8 Å². The predicted octanol–water partition coefficient (Wildman–Crippen LogP) is 10.2. The lowest BCUT2D eigenvalue weighted by atomic mass is 9.29. The van der Waals surface area contributed by atoms with E-state index in [0.29, 0.717) is 60.7 Å². The third-order valence-electron chi connectivity index (χ3n) is 30.9. The number of carbonyl (C=O) groups excluding carboxylic acids is 3. The van der Waals surface area contributed by atoms with Gasteiger partial charge >= 0.3 is 11.9 Å². The van der Waals surface area contributed by atoms with Gasteiger partial charge in [0.2, 0.25) is 0 Å². The third-order valence-corrected chi connectivity index (χ3v) is 30.9. The smallest absolute Gasteiger partial charge is 0.339 e. The largest absolute Gasteiger partial charge is 0.469 e. The van der Waals surface area contributed by atoms with Crippen LogP contribution in [-0.4, -0.2) is 106 Å². The van der Waals surface area contributed by atoms with Crippen molar-refractivity contribution in [3.63, 3.8) is 0 Å². The second-order valence-electron chi connectivity index (χ2n) is 33.0. The molecule has 19 rings (SSSR count). The Kier molecular flexibility index (Phi) is 11.5. The molecule has 28 unspecified atom stereocenters. The number of aliphatic hydroxyl groups excluding tert-OH is 3. The van der Waals surface area contributed by atoms with E-state index < -0.39 is 86.6 Å². The average Bonchev–Trinajstić information content (AvgIpc) is 1.43. The minimum atomic E-state index is -1.50. The number of aliphatic hydroxyl groups is 3. The number of rotatable bonds is 9. The Labute approximate surface area is 512 Å². The normalized spacial score (nSPS) is 53.5. The van der Waals surface area contributed by atoms with E-state index in [2.05, 4.69) is 84.9 Å². The molecule has 28 atom stereocenters. The summed E-state index contributed by atoms with van der Waals surface area (Å²) in [7, 11) is 0. The minimum Gasteiger partial charge on any atom is -0.469 e. The fourth-order valence-electron chi connectivity index (χ4n) is 28.4. The van der Waals surface area contributed by atoms with Crippen LogP contribution in [0.25, 0.3) is 0 Å². The number of esters is 2. The maximum Gasteiger partial charge on any atom is 0.339 e. The zero-order chi connectivity index (χ0) is 58.6. The van der Waals surface area contributed by atoms with Crippen LogP contribution in [0.4, 0.5) is 0 Å². The SMILES string of the molecule is CC1C2CCCC2CCC12C=CCC13OC45C(=CC21)CC1CCCC12CC1CC6(C)C(c7ccoc7CC(C(O)CO)C7CCC8C(C=CN9CNCC89)C7)OC(=O)C7OC76C6(C7CCCC(Cc8ccccc8)C7)C(O)C(=O)C3C4(COC(=O)C25)C16. The first-order valence-electron chi connectivity index (χ1n) is 35.1. The molecule has 7 aliphatic heterocycles. The van der Waals surface area contributed by atoms with Gasteiger partial charge in [0, 0.05) is 46.7 Å². The number of hydrogen-bond donors (Lipinski definition) is 4. The van der Waals surface area contributed by atoms with E-state index in [9.17, 15) is 15.3 Å². The van der Waals surface area contributed by atoms with Crippen molar-refractivity contribution in [2.75, 3.05) is 26.4 Å². The molecule has 464 valence electrons. The van der Waals surface area contributed by atoms with Crippen molar-refractivity contribution in [3.05, 3.63) is 95.6 Å². The zero-order valence-corrected chi connectivity index (χ0v) is 51.2. The van der Waals surface area contributed by atoms with Gasteiger partial charge in [-0.3, -0.25) is 14.9 Å². The topological polar surface area (TPSA) is 181 Å². The number of ketones is 1. The van der Waals surface area contributed by atoms with E-state index in [4.69, 9.17) is 23.4 Å². The molecule has 5 bridgehead atoms. The van der Waals surface area contributed by atoms with Crippen LogP contribution in [0.1, 0.15) is 159 Å². The highest BCUT2D eigenvalue weighted by Gasteiger charge is 2.99. The van der Waals surface area contributed by atoms with E-state index >= 15 is 14.4 Å². The molecule has 6 spiro atoms. The first kappa shape index (κ1) is 54.6. The standard InChI is InChI=1S/C74H92N2O11/c1-40-50-16-7-13-43(50)19-25-68(40)23-9-24-71-57(68)32-49-31-47-15-8-22-69(47)35-46-34-67(2)63(52-21-27-83-56(52)33-53(55(78)37-77)44-17-18-51-45(30-44)20-26-76-39-75-36-54(51)76)85-66(82)64-74(67,86-64)72(48-14-6-12-42(29-48)28-41-10-4-3-5-11-41)59(46)70(60(71)58(79)62(72)80)38-84-65(81)61(69)73(49,70)87-71/h3-5,9-11,20-21,23,26-27,32,40,42-48,50-51,53-55,57,59-64,75,77-78,80H,6-8,12-19,22,24-25,28-31,33-39H2,1-2H3. The van der Waals surface area contributed by atoms with Gasteiger partial charge in [-0.05, 0) is 196 Å². The molecule has 0 radical (unpaired) electrons. The highest BCUT2D eigenvalue weighted by molar-refractivity contribution is 5.94. The van der Waals surface area contributed by atoms with Crippen molar-refractivity contribution >= 4 is 17.7 Å². The number of allylic oxidation sites excluding steroid dienone is 2. The molecule has 1 aromatic carbocycles. The molecule has 14 fully saturated rings. The third kappa shape index (κ3) is 6.35. The lowest BCUT2D eigenvalue weighted by molar-refractivity contribution is -0.301. The average molecular weight is 1190 g/mol. The van der Waals surface area contributed by atoms with Crippen LogP contribution in [0.2, 0.25) is 0 Å². The fraction of sp³-hybridized carbons (Fsp3) is 0.743. The Bertz CT molecular complexity index is 3320.